The van der Waals surface area contributed by atoms with Crippen LogP contribution in [0.15, 0.2) is 0 Å². The molecule has 0 aromatic heterocycles. The van der Waals surface area contributed by atoms with Crippen LogP contribution in [0.3, 0.4) is 0 Å². The number of carbonyl (C=O) groups excluding carboxylic acids is 2. The number of carbonyl (C=O) groups is 2. The largest absolute Gasteiger partial charge is 0.424 e. The Morgan fingerprint density at radius 2 is 1.33 bits per heavy atom. The van der Waals surface area contributed by atoms with Crippen LogP contribution in [0, 0.1) is 11.3 Å². The highest BCUT2D eigenvalue weighted by Crippen LogP contribution is 2.39. The quantitative estimate of drug-likeness (QED) is 0.472. The number of hydrogen-bond donors (Lipinski definition) is 0. The summed E-state index contributed by atoms with van der Waals surface area (Å²) in [5, 5.41) is 0. The maximum atomic E-state index is 12.6. The highest BCUT2D eigenvalue weighted by atomic mass is 16.7. The van der Waals surface area contributed by atoms with E-state index >= 15 is 0 Å². The van der Waals surface area contributed by atoms with Gasteiger partial charge in [0.1, 0.15) is 0 Å². The first kappa shape index (κ1) is 18.0. The first-order chi connectivity index (χ1) is 10.1. The van der Waals surface area contributed by atoms with Crippen LogP contribution in [-0.4, -0.2) is 18.2 Å². The van der Waals surface area contributed by atoms with E-state index in [1.165, 1.54) is 0 Å². The maximum absolute atomic E-state index is 12.6. The number of unbranched alkanes of at least 4 members (excludes halogenated alkanes) is 2. The lowest BCUT2D eigenvalue weighted by molar-refractivity contribution is -0.235. The smallest absolute Gasteiger partial charge is 0.326 e. The van der Waals surface area contributed by atoms with Crippen LogP contribution >= 0.6 is 0 Å². The van der Waals surface area contributed by atoms with Crippen LogP contribution < -0.4 is 0 Å². The van der Waals surface area contributed by atoms with Gasteiger partial charge >= 0.3 is 11.9 Å². The van der Waals surface area contributed by atoms with Gasteiger partial charge in [-0.25, -0.2) is 0 Å². The molecule has 0 spiro atoms. The van der Waals surface area contributed by atoms with E-state index in [1.807, 2.05) is 13.8 Å². The Morgan fingerprint density at radius 3 is 1.67 bits per heavy atom. The minimum atomic E-state index is -1.06. The third-order valence-electron chi connectivity index (χ3n) is 4.58. The van der Waals surface area contributed by atoms with Gasteiger partial charge in [0, 0.05) is 5.92 Å². The summed E-state index contributed by atoms with van der Waals surface area (Å²) in [6, 6.07) is 0. The summed E-state index contributed by atoms with van der Waals surface area (Å²) in [5.41, 5.74) is -1.06. The van der Waals surface area contributed by atoms with E-state index in [9.17, 15) is 9.59 Å². The van der Waals surface area contributed by atoms with Gasteiger partial charge in [-0.2, -0.15) is 0 Å². The van der Waals surface area contributed by atoms with Crippen molar-refractivity contribution in [2.45, 2.75) is 85.4 Å². The van der Waals surface area contributed by atoms with Gasteiger partial charge in [0.15, 0.2) is 5.41 Å². The van der Waals surface area contributed by atoms with Crippen molar-refractivity contribution < 1.29 is 19.1 Å². The molecule has 0 aliphatic carbocycles. The highest BCUT2D eigenvalue weighted by molar-refractivity contribution is 6.01. The molecular weight excluding hydrogens is 268 g/mol. The van der Waals surface area contributed by atoms with Gasteiger partial charge in [0.2, 0.25) is 6.29 Å². The second-order valence-corrected chi connectivity index (χ2v) is 6.04. The lowest BCUT2D eigenvalue weighted by atomic mass is 9.77. The summed E-state index contributed by atoms with van der Waals surface area (Å²) in [6.07, 6.45) is 5.61. The molecule has 0 aromatic carbocycles. The molecule has 1 fully saturated rings. The predicted molar refractivity (Wildman–Crippen MR) is 81.5 cm³/mol. The van der Waals surface area contributed by atoms with Crippen molar-refractivity contribution in [3.63, 3.8) is 0 Å². The van der Waals surface area contributed by atoms with E-state index in [1.54, 1.807) is 0 Å². The zero-order chi connectivity index (χ0) is 15.9. The van der Waals surface area contributed by atoms with Gasteiger partial charge in [-0.1, -0.05) is 53.4 Å². The van der Waals surface area contributed by atoms with E-state index in [0.717, 1.165) is 38.5 Å². The van der Waals surface area contributed by atoms with E-state index in [2.05, 4.69) is 13.8 Å². The Morgan fingerprint density at radius 1 is 0.905 bits per heavy atom. The molecule has 4 nitrogen and oxygen atoms in total. The fraction of sp³-hybridized carbons (Fsp3) is 0.882. The van der Waals surface area contributed by atoms with Crippen molar-refractivity contribution in [1.29, 1.82) is 0 Å². The van der Waals surface area contributed by atoms with Gasteiger partial charge in [0.05, 0.1) is 0 Å². The Balaban J connectivity index is 2.90. The third kappa shape index (κ3) is 3.98. The second-order valence-electron chi connectivity index (χ2n) is 6.04. The Labute approximate surface area is 128 Å². The lowest BCUT2D eigenvalue weighted by Crippen LogP contribution is -2.51. The van der Waals surface area contributed by atoms with Crippen molar-refractivity contribution in [1.82, 2.24) is 0 Å². The van der Waals surface area contributed by atoms with Crippen molar-refractivity contribution in [2.24, 2.45) is 11.3 Å². The monoisotopic (exact) mass is 298 g/mol. The van der Waals surface area contributed by atoms with Crippen LogP contribution in [-0.2, 0) is 19.1 Å². The summed E-state index contributed by atoms with van der Waals surface area (Å²) in [4.78, 5) is 25.1. The maximum Gasteiger partial charge on any atom is 0.326 e. The molecule has 0 radical (unpaired) electrons. The molecule has 0 saturated carbocycles. The molecule has 0 bridgehead atoms. The number of ether oxygens (including phenoxy) is 2. The molecule has 0 N–H and O–H groups in total. The Bertz CT molecular complexity index is 319. The van der Waals surface area contributed by atoms with Gasteiger partial charge in [-0.05, 0) is 25.7 Å². The Hall–Kier alpha value is -1.06. The van der Waals surface area contributed by atoms with Crippen molar-refractivity contribution in [3.05, 3.63) is 0 Å². The molecular formula is C17H30O4. The molecule has 0 atom stereocenters. The van der Waals surface area contributed by atoms with Crippen LogP contribution in [0.5, 0.6) is 0 Å². The molecule has 1 rings (SSSR count). The zero-order valence-electron chi connectivity index (χ0n) is 13.9. The SMILES string of the molecule is CCCCC1(CCCC)C(=O)OC(C(CC)CC)OC1=O. The standard InChI is InChI=1S/C17H30O4/c1-5-9-11-17(12-10-6-2)15(18)20-14(21-16(17)19)13(7-3)8-4/h13-14H,5-12H2,1-4H3. The summed E-state index contributed by atoms with van der Waals surface area (Å²) >= 11 is 0. The number of rotatable bonds is 9. The molecule has 1 aliphatic heterocycles. The molecule has 4 heteroatoms. The van der Waals surface area contributed by atoms with Crippen LogP contribution in [0.2, 0.25) is 0 Å². The Kier molecular flexibility index (Phi) is 7.20. The normalized spacial score (nSPS) is 18.7. The minimum absolute atomic E-state index is 0.0910. The van der Waals surface area contributed by atoms with E-state index in [4.69, 9.17) is 9.47 Å². The summed E-state index contributed by atoms with van der Waals surface area (Å²) in [6.45, 7) is 8.15. The molecule has 0 unspecified atom stereocenters. The molecule has 1 aliphatic rings. The first-order valence-corrected chi connectivity index (χ1v) is 8.47. The fourth-order valence-corrected chi connectivity index (χ4v) is 2.90. The van der Waals surface area contributed by atoms with Crippen molar-refractivity contribution in [2.75, 3.05) is 0 Å². The number of cyclic esters (lactones) is 2. The minimum Gasteiger partial charge on any atom is -0.424 e. The molecule has 1 heterocycles. The molecule has 122 valence electrons. The van der Waals surface area contributed by atoms with Crippen LogP contribution in [0.25, 0.3) is 0 Å². The summed E-state index contributed by atoms with van der Waals surface area (Å²) in [5.74, 6) is -0.636. The molecule has 0 aromatic rings. The number of esters is 2. The van der Waals surface area contributed by atoms with Gasteiger partial charge in [-0.3, -0.25) is 9.59 Å². The topological polar surface area (TPSA) is 52.6 Å². The van der Waals surface area contributed by atoms with Gasteiger partial charge in [0.25, 0.3) is 0 Å². The predicted octanol–water partition coefficient (Wildman–Crippen LogP) is 4.22. The average molecular weight is 298 g/mol. The first-order valence-electron chi connectivity index (χ1n) is 8.47. The van der Waals surface area contributed by atoms with Crippen molar-refractivity contribution >= 4 is 11.9 Å². The molecule has 0 amide bonds. The third-order valence-corrected chi connectivity index (χ3v) is 4.58. The van der Waals surface area contributed by atoms with Gasteiger partial charge in [-0.15, -0.1) is 0 Å². The van der Waals surface area contributed by atoms with Crippen LogP contribution in [0.1, 0.15) is 79.1 Å². The fourth-order valence-electron chi connectivity index (χ4n) is 2.90. The summed E-state index contributed by atoms with van der Waals surface area (Å²) < 4.78 is 11.1. The number of hydrogen-bond acceptors (Lipinski definition) is 4. The second kappa shape index (κ2) is 8.40. The van der Waals surface area contributed by atoms with Gasteiger partial charge < -0.3 is 9.47 Å². The van der Waals surface area contributed by atoms with Crippen molar-refractivity contribution in [3.8, 4) is 0 Å². The lowest BCUT2D eigenvalue weighted by Gasteiger charge is -2.39. The van der Waals surface area contributed by atoms with E-state index in [0.29, 0.717) is 12.8 Å². The van der Waals surface area contributed by atoms with E-state index in [-0.39, 0.29) is 17.9 Å². The highest BCUT2D eigenvalue weighted by Gasteiger charge is 2.53. The summed E-state index contributed by atoms with van der Waals surface area (Å²) in [7, 11) is 0. The van der Waals surface area contributed by atoms with Crippen LogP contribution in [0.4, 0.5) is 0 Å². The average Bonchev–Trinajstić information content (AvgIpc) is 2.47. The zero-order valence-corrected chi connectivity index (χ0v) is 13.9. The molecule has 1 saturated heterocycles. The molecule has 21 heavy (non-hydrogen) atoms. The van der Waals surface area contributed by atoms with E-state index < -0.39 is 11.7 Å².